The van der Waals surface area contributed by atoms with E-state index < -0.39 is 0 Å². The molecule has 0 radical (unpaired) electrons. The van der Waals surface area contributed by atoms with Crippen molar-refractivity contribution in [2.45, 2.75) is 45.1 Å². The van der Waals surface area contributed by atoms with Crippen LogP contribution in [-0.2, 0) is 4.79 Å². The fourth-order valence-electron chi connectivity index (χ4n) is 2.74. The smallest absolute Gasteiger partial charge is 0.238 e. The second-order valence-electron chi connectivity index (χ2n) is 5.05. The van der Waals surface area contributed by atoms with Gasteiger partial charge < -0.3 is 5.32 Å². The van der Waals surface area contributed by atoms with Crippen LogP contribution in [0.4, 0.5) is 0 Å². The first-order valence-corrected chi connectivity index (χ1v) is 7.50. The predicted molar refractivity (Wildman–Crippen MR) is 68.5 cm³/mol. The van der Waals surface area contributed by atoms with Crippen LogP contribution in [0.15, 0.2) is 0 Å². The molecule has 1 saturated heterocycles. The third kappa shape index (κ3) is 2.72. The van der Waals surface area contributed by atoms with Gasteiger partial charge in [-0.3, -0.25) is 10.1 Å². The van der Waals surface area contributed by atoms with Crippen LogP contribution in [0.5, 0.6) is 0 Å². The Kier molecular flexibility index (Phi) is 4.14. The molecule has 2 fully saturated rings. The fourth-order valence-corrected chi connectivity index (χ4v) is 3.68. The first kappa shape index (κ1) is 12.2. The summed E-state index contributed by atoms with van der Waals surface area (Å²) in [6.45, 7) is 3.13. The average Bonchev–Trinajstić information content (AvgIpc) is 2.98. The molecule has 92 valence electrons. The molecule has 1 amide bonds. The molecule has 3 nitrogen and oxygen atoms in total. The molecule has 0 aromatic heterocycles. The number of hydrogen-bond acceptors (Lipinski definition) is 3. The van der Waals surface area contributed by atoms with Crippen molar-refractivity contribution in [3.63, 3.8) is 0 Å². The summed E-state index contributed by atoms with van der Waals surface area (Å²) >= 11 is 1.80. The van der Waals surface area contributed by atoms with E-state index in [0.29, 0.717) is 5.41 Å². The predicted octanol–water partition coefficient (Wildman–Crippen LogP) is 1.74. The van der Waals surface area contributed by atoms with E-state index in [1.165, 1.54) is 32.1 Å². The minimum absolute atomic E-state index is 0.0420. The normalized spacial score (nSPS) is 28.2. The molecule has 16 heavy (non-hydrogen) atoms. The zero-order valence-electron chi connectivity index (χ0n) is 10.1. The highest BCUT2D eigenvalue weighted by Crippen LogP contribution is 2.40. The lowest BCUT2D eigenvalue weighted by atomic mass is 9.83. The molecular weight excluding hydrogens is 220 g/mol. The highest BCUT2D eigenvalue weighted by molar-refractivity contribution is 7.99. The van der Waals surface area contributed by atoms with Gasteiger partial charge in [-0.05, 0) is 24.7 Å². The SMILES string of the molecule is CCC1(CNC(=O)C2CSCN2)CCCC1. The van der Waals surface area contributed by atoms with Gasteiger partial charge >= 0.3 is 0 Å². The quantitative estimate of drug-likeness (QED) is 0.789. The molecule has 1 unspecified atom stereocenters. The Hall–Kier alpha value is -0.220. The van der Waals surface area contributed by atoms with Crippen molar-refractivity contribution in [1.82, 2.24) is 10.6 Å². The number of hydrogen-bond donors (Lipinski definition) is 2. The molecule has 2 aliphatic rings. The Morgan fingerprint density at radius 2 is 2.25 bits per heavy atom. The summed E-state index contributed by atoms with van der Waals surface area (Å²) in [5, 5.41) is 6.36. The molecule has 2 rings (SSSR count). The summed E-state index contributed by atoms with van der Waals surface area (Å²) in [6.07, 6.45) is 6.44. The van der Waals surface area contributed by atoms with E-state index in [1.807, 2.05) is 0 Å². The van der Waals surface area contributed by atoms with Gasteiger partial charge in [-0.1, -0.05) is 19.8 Å². The Balaban J connectivity index is 1.79. The van der Waals surface area contributed by atoms with Gasteiger partial charge in [0.15, 0.2) is 0 Å². The molecule has 0 aromatic carbocycles. The number of nitrogens with one attached hydrogen (secondary N) is 2. The van der Waals surface area contributed by atoms with E-state index in [4.69, 9.17) is 0 Å². The summed E-state index contributed by atoms with van der Waals surface area (Å²) in [5.41, 5.74) is 0.404. The number of thioether (sulfide) groups is 1. The highest BCUT2D eigenvalue weighted by Gasteiger charge is 2.33. The van der Waals surface area contributed by atoms with Crippen LogP contribution >= 0.6 is 11.8 Å². The topological polar surface area (TPSA) is 41.1 Å². The van der Waals surface area contributed by atoms with Crippen molar-refractivity contribution in [2.75, 3.05) is 18.2 Å². The van der Waals surface area contributed by atoms with Gasteiger partial charge in [0.25, 0.3) is 0 Å². The lowest BCUT2D eigenvalue weighted by Gasteiger charge is -2.28. The maximum absolute atomic E-state index is 11.9. The van der Waals surface area contributed by atoms with E-state index in [0.717, 1.165) is 18.2 Å². The minimum atomic E-state index is 0.0420. The van der Waals surface area contributed by atoms with Gasteiger partial charge in [0.2, 0.25) is 5.91 Å². The van der Waals surface area contributed by atoms with Crippen molar-refractivity contribution in [3.05, 3.63) is 0 Å². The van der Waals surface area contributed by atoms with Crippen LogP contribution in [0, 0.1) is 5.41 Å². The zero-order valence-corrected chi connectivity index (χ0v) is 10.9. The fraction of sp³-hybridized carbons (Fsp3) is 0.917. The third-order valence-electron chi connectivity index (χ3n) is 4.08. The molecule has 0 bridgehead atoms. The molecule has 1 aliphatic heterocycles. The van der Waals surface area contributed by atoms with Crippen LogP contribution in [0.3, 0.4) is 0 Å². The van der Waals surface area contributed by atoms with Gasteiger partial charge in [0, 0.05) is 18.2 Å². The lowest BCUT2D eigenvalue weighted by molar-refractivity contribution is -0.122. The second kappa shape index (κ2) is 5.41. The average molecular weight is 242 g/mol. The Labute approximate surface area is 102 Å². The number of amides is 1. The van der Waals surface area contributed by atoms with Gasteiger partial charge in [0.05, 0.1) is 6.04 Å². The van der Waals surface area contributed by atoms with E-state index in [2.05, 4.69) is 17.6 Å². The molecule has 1 aliphatic carbocycles. The molecule has 0 aromatic rings. The van der Waals surface area contributed by atoms with Crippen LogP contribution < -0.4 is 10.6 Å². The minimum Gasteiger partial charge on any atom is -0.354 e. The van der Waals surface area contributed by atoms with Crippen LogP contribution in [0.2, 0.25) is 0 Å². The van der Waals surface area contributed by atoms with E-state index in [1.54, 1.807) is 11.8 Å². The number of carbonyl (C=O) groups is 1. The molecular formula is C12H22N2OS. The van der Waals surface area contributed by atoms with Gasteiger partial charge in [-0.2, -0.15) is 0 Å². The summed E-state index contributed by atoms with van der Waals surface area (Å²) in [5.74, 6) is 2.03. The largest absolute Gasteiger partial charge is 0.354 e. The summed E-state index contributed by atoms with van der Waals surface area (Å²) in [7, 11) is 0. The van der Waals surface area contributed by atoms with Gasteiger partial charge in [0.1, 0.15) is 0 Å². The Morgan fingerprint density at radius 3 is 2.81 bits per heavy atom. The first-order valence-electron chi connectivity index (χ1n) is 6.35. The maximum Gasteiger partial charge on any atom is 0.238 e. The zero-order chi connectivity index (χ0) is 11.4. The van der Waals surface area contributed by atoms with Crippen molar-refractivity contribution in [3.8, 4) is 0 Å². The molecule has 0 spiro atoms. The molecule has 4 heteroatoms. The van der Waals surface area contributed by atoms with Crippen LogP contribution in [0.1, 0.15) is 39.0 Å². The lowest BCUT2D eigenvalue weighted by Crippen LogP contribution is -2.45. The van der Waals surface area contributed by atoms with Crippen molar-refractivity contribution in [2.24, 2.45) is 5.41 Å². The second-order valence-corrected chi connectivity index (χ2v) is 6.08. The summed E-state index contributed by atoms with van der Waals surface area (Å²) in [4.78, 5) is 11.9. The van der Waals surface area contributed by atoms with Crippen LogP contribution in [0.25, 0.3) is 0 Å². The number of carbonyl (C=O) groups excluding carboxylic acids is 1. The van der Waals surface area contributed by atoms with E-state index in [-0.39, 0.29) is 11.9 Å². The molecule has 2 N–H and O–H groups in total. The van der Waals surface area contributed by atoms with Crippen LogP contribution in [-0.4, -0.2) is 30.1 Å². The van der Waals surface area contributed by atoms with E-state index >= 15 is 0 Å². The van der Waals surface area contributed by atoms with Crippen molar-refractivity contribution >= 4 is 17.7 Å². The van der Waals surface area contributed by atoms with Gasteiger partial charge in [-0.25, -0.2) is 0 Å². The van der Waals surface area contributed by atoms with E-state index in [9.17, 15) is 4.79 Å². The summed E-state index contributed by atoms with van der Waals surface area (Å²) < 4.78 is 0. The molecule has 1 heterocycles. The Bertz CT molecular complexity index is 245. The third-order valence-corrected chi connectivity index (χ3v) is 5.02. The Morgan fingerprint density at radius 1 is 1.50 bits per heavy atom. The van der Waals surface area contributed by atoms with Crippen molar-refractivity contribution < 1.29 is 4.79 Å². The molecule has 1 saturated carbocycles. The highest BCUT2D eigenvalue weighted by atomic mass is 32.2. The first-order chi connectivity index (χ1) is 7.76. The summed E-state index contributed by atoms with van der Waals surface area (Å²) in [6, 6.07) is 0.0420. The molecule has 1 atom stereocenters. The number of rotatable bonds is 4. The maximum atomic E-state index is 11.9. The van der Waals surface area contributed by atoms with Crippen molar-refractivity contribution in [1.29, 1.82) is 0 Å². The standard InChI is InChI=1S/C12H22N2OS/c1-2-12(5-3-4-6-12)8-13-11(15)10-7-16-9-14-10/h10,14H,2-9H2,1H3,(H,13,15). The monoisotopic (exact) mass is 242 g/mol. The van der Waals surface area contributed by atoms with Gasteiger partial charge in [-0.15, -0.1) is 11.8 Å².